The molecule has 0 spiro atoms. The van der Waals surface area contributed by atoms with Gasteiger partial charge >= 0.3 is 0 Å². The molecule has 0 N–H and O–H groups in total. The summed E-state index contributed by atoms with van der Waals surface area (Å²) in [4.78, 5) is 12.8. The van der Waals surface area contributed by atoms with Crippen LogP contribution in [0.2, 0.25) is 0 Å². The van der Waals surface area contributed by atoms with Gasteiger partial charge in [0, 0.05) is 23.1 Å². The van der Waals surface area contributed by atoms with Gasteiger partial charge < -0.3 is 14.2 Å². The average molecular weight is 388 g/mol. The Kier molecular flexibility index (Phi) is 5.26. The number of hydrogen-bond donors (Lipinski definition) is 0. The number of ketones is 1. The Morgan fingerprint density at radius 1 is 1.14 bits per heavy atom. The lowest BCUT2D eigenvalue weighted by molar-refractivity contribution is 0.104. The van der Waals surface area contributed by atoms with E-state index >= 15 is 0 Å². The first kappa shape index (κ1) is 19.1. The standard InChI is InChI=1S/C25H24O4/c1-4-28-24-15-21-11-16(2)29-25(21)14-20(24)8-10-23(26)19-6-5-18-13-22(27-3)9-7-17(18)12-19/h5-10,12-16H,4,11H2,1-3H3/b10-8+/t16-/m0/s1. The Morgan fingerprint density at radius 2 is 1.93 bits per heavy atom. The van der Waals surface area contributed by atoms with E-state index in [4.69, 9.17) is 14.2 Å². The summed E-state index contributed by atoms with van der Waals surface area (Å²) in [6, 6.07) is 15.5. The van der Waals surface area contributed by atoms with E-state index in [1.165, 1.54) is 0 Å². The molecule has 0 amide bonds. The smallest absolute Gasteiger partial charge is 0.185 e. The molecule has 148 valence electrons. The number of carbonyl (C=O) groups is 1. The number of ether oxygens (including phenoxy) is 3. The molecule has 0 aliphatic carbocycles. The zero-order valence-electron chi connectivity index (χ0n) is 16.9. The van der Waals surface area contributed by atoms with Crippen molar-refractivity contribution in [2.45, 2.75) is 26.4 Å². The molecule has 0 unspecified atom stereocenters. The second-order valence-electron chi connectivity index (χ2n) is 7.19. The van der Waals surface area contributed by atoms with Crippen molar-refractivity contribution in [2.24, 2.45) is 0 Å². The summed E-state index contributed by atoms with van der Waals surface area (Å²) < 4.78 is 16.9. The van der Waals surface area contributed by atoms with Crippen LogP contribution in [-0.4, -0.2) is 25.6 Å². The lowest BCUT2D eigenvalue weighted by Gasteiger charge is -2.10. The van der Waals surface area contributed by atoms with Crippen LogP contribution in [0.4, 0.5) is 0 Å². The van der Waals surface area contributed by atoms with Gasteiger partial charge in [0.2, 0.25) is 0 Å². The Bertz CT molecular complexity index is 1100. The lowest BCUT2D eigenvalue weighted by atomic mass is 10.0. The first-order chi connectivity index (χ1) is 14.1. The quantitative estimate of drug-likeness (QED) is 0.415. The minimum atomic E-state index is -0.0556. The number of rotatable bonds is 6. The summed E-state index contributed by atoms with van der Waals surface area (Å²) in [5.74, 6) is 2.39. The molecule has 1 heterocycles. The SMILES string of the molecule is CCOc1cc2c(cc1/C=C/C(=O)c1ccc3cc(OC)ccc3c1)O[C@@H](C)C2. The zero-order valence-corrected chi connectivity index (χ0v) is 16.9. The molecule has 3 aromatic rings. The fraction of sp³-hybridized carbons (Fsp3) is 0.240. The number of fused-ring (bicyclic) bond motifs is 2. The predicted molar refractivity (Wildman–Crippen MR) is 115 cm³/mol. The van der Waals surface area contributed by atoms with Crippen molar-refractivity contribution < 1.29 is 19.0 Å². The maximum atomic E-state index is 12.8. The van der Waals surface area contributed by atoms with Gasteiger partial charge in [0.05, 0.1) is 13.7 Å². The van der Waals surface area contributed by atoms with Crippen molar-refractivity contribution in [3.8, 4) is 17.2 Å². The van der Waals surface area contributed by atoms with Crippen LogP contribution in [0.5, 0.6) is 17.2 Å². The molecule has 4 rings (SSSR count). The summed E-state index contributed by atoms with van der Waals surface area (Å²) in [7, 11) is 1.64. The van der Waals surface area contributed by atoms with Gasteiger partial charge in [-0.2, -0.15) is 0 Å². The molecule has 1 atom stereocenters. The summed E-state index contributed by atoms with van der Waals surface area (Å²) in [5, 5.41) is 2.04. The van der Waals surface area contributed by atoms with Crippen molar-refractivity contribution in [3.63, 3.8) is 0 Å². The van der Waals surface area contributed by atoms with Crippen molar-refractivity contribution in [2.75, 3.05) is 13.7 Å². The van der Waals surface area contributed by atoms with Crippen LogP contribution < -0.4 is 14.2 Å². The number of hydrogen-bond acceptors (Lipinski definition) is 4. The van der Waals surface area contributed by atoms with Gasteiger partial charge in [-0.15, -0.1) is 0 Å². The van der Waals surface area contributed by atoms with Crippen LogP contribution in [0.1, 0.15) is 35.3 Å². The van der Waals surface area contributed by atoms with Crippen molar-refractivity contribution in [3.05, 3.63) is 71.3 Å². The molecular formula is C25H24O4. The van der Waals surface area contributed by atoms with Crippen LogP contribution in [0.3, 0.4) is 0 Å². The van der Waals surface area contributed by atoms with E-state index in [0.717, 1.165) is 45.6 Å². The fourth-order valence-electron chi connectivity index (χ4n) is 3.63. The van der Waals surface area contributed by atoms with Crippen LogP contribution >= 0.6 is 0 Å². The molecule has 1 aliphatic rings. The Morgan fingerprint density at radius 3 is 2.72 bits per heavy atom. The first-order valence-corrected chi connectivity index (χ1v) is 9.84. The maximum absolute atomic E-state index is 12.8. The molecule has 3 aromatic carbocycles. The summed E-state index contributed by atoms with van der Waals surface area (Å²) in [6.45, 7) is 4.57. The van der Waals surface area contributed by atoms with E-state index in [9.17, 15) is 4.79 Å². The van der Waals surface area contributed by atoms with E-state index in [0.29, 0.717) is 12.2 Å². The van der Waals surface area contributed by atoms with Gasteiger partial charge in [-0.1, -0.05) is 18.2 Å². The highest BCUT2D eigenvalue weighted by atomic mass is 16.5. The van der Waals surface area contributed by atoms with E-state index < -0.39 is 0 Å². The summed E-state index contributed by atoms with van der Waals surface area (Å²) in [6.07, 6.45) is 4.43. The van der Waals surface area contributed by atoms with Crippen molar-refractivity contribution in [1.29, 1.82) is 0 Å². The monoisotopic (exact) mass is 388 g/mol. The van der Waals surface area contributed by atoms with Crippen LogP contribution in [0, 0.1) is 0 Å². The van der Waals surface area contributed by atoms with Gasteiger partial charge in [-0.25, -0.2) is 0 Å². The molecule has 0 bridgehead atoms. The third kappa shape index (κ3) is 3.97. The number of methoxy groups -OCH3 is 1. The van der Waals surface area contributed by atoms with Gasteiger partial charge in [0.1, 0.15) is 23.4 Å². The number of benzene rings is 3. The molecule has 4 nitrogen and oxygen atoms in total. The molecule has 1 aliphatic heterocycles. The molecule has 0 aromatic heterocycles. The molecule has 0 saturated carbocycles. The van der Waals surface area contributed by atoms with Crippen LogP contribution in [0.25, 0.3) is 16.8 Å². The van der Waals surface area contributed by atoms with Gasteiger partial charge in [-0.3, -0.25) is 4.79 Å². The third-order valence-electron chi connectivity index (χ3n) is 5.07. The maximum Gasteiger partial charge on any atom is 0.185 e. The fourth-order valence-corrected chi connectivity index (χ4v) is 3.63. The second-order valence-corrected chi connectivity index (χ2v) is 7.19. The van der Waals surface area contributed by atoms with Crippen LogP contribution in [0.15, 0.2) is 54.6 Å². The minimum Gasteiger partial charge on any atom is -0.497 e. The summed E-state index contributed by atoms with van der Waals surface area (Å²) >= 11 is 0. The predicted octanol–water partition coefficient (Wildman–Crippen LogP) is 5.47. The van der Waals surface area contributed by atoms with Gasteiger partial charge in [-0.05, 0) is 67.1 Å². The molecule has 29 heavy (non-hydrogen) atoms. The molecule has 0 radical (unpaired) electrons. The van der Waals surface area contributed by atoms with E-state index in [-0.39, 0.29) is 11.9 Å². The topological polar surface area (TPSA) is 44.8 Å². The minimum absolute atomic E-state index is 0.0556. The highest BCUT2D eigenvalue weighted by Crippen LogP contribution is 2.35. The molecule has 4 heteroatoms. The molecular weight excluding hydrogens is 364 g/mol. The normalized spacial score (nSPS) is 15.3. The highest BCUT2D eigenvalue weighted by Gasteiger charge is 2.21. The van der Waals surface area contributed by atoms with Crippen molar-refractivity contribution in [1.82, 2.24) is 0 Å². The Labute approximate surface area is 170 Å². The van der Waals surface area contributed by atoms with E-state index in [2.05, 4.69) is 6.92 Å². The van der Waals surface area contributed by atoms with Crippen molar-refractivity contribution >= 4 is 22.6 Å². The second kappa shape index (κ2) is 8.00. The average Bonchev–Trinajstić information content (AvgIpc) is 3.10. The third-order valence-corrected chi connectivity index (χ3v) is 5.07. The van der Waals surface area contributed by atoms with Gasteiger partial charge in [0.25, 0.3) is 0 Å². The Balaban J connectivity index is 1.61. The Hall–Kier alpha value is -3.27. The van der Waals surface area contributed by atoms with Gasteiger partial charge in [0.15, 0.2) is 5.78 Å². The zero-order chi connectivity index (χ0) is 20.4. The number of carbonyl (C=O) groups excluding carboxylic acids is 1. The largest absolute Gasteiger partial charge is 0.497 e. The first-order valence-electron chi connectivity index (χ1n) is 9.84. The molecule has 0 saturated heterocycles. The lowest BCUT2D eigenvalue weighted by Crippen LogP contribution is -2.05. The summed E-state index contributed by atoms with van der Waals surface area (Å²) in [5.41, 5.74) is 2.64. The van der Waals surface area contributed by atoms with Crippen LogP contribution in [-0.2, 0) is 6.42 Å². The van der Waals surface area contributed by atoms with E-state index in [1.807, 2.05) is 55.5 Å². The highest BCUT2D eigenvalue weighted by molar-refractivity contribution is 6.08. The number of allylic oxidation sites excluding steroid dienone is 1. The molecule has 0 fully saturated rings. The van der Waals surface area contributed by atoms with E-state index in [1.54, 1.807) is 19.3 Å².